The highest BCUT2D eigenvalue weighted by Gasteiger charge is 2.21. The smallest absolute Gasteiger partial charge is 0.341 e. The van der Waals surface area contributed by atoms with Gasteiger partial charge in [-0.3, -0.25) is 9.48 Å². The molecular weight excluding hydrogens is 292 g/mol. The lowest BCUT2D eigenvalue weighted by Crippen LogP contribution is -2.18. The molecular formula is C13H16N4O3S. The zero-order valence-corrected chi connectivity index (χ0v) is 12.8. The van der Waals surface area contributed by atoms with Crippen LogP contribution in [0.2, 0.25) is 0 Å². The molecule has 2 rings (SSSR count). The first kappa shape index (κ1) is 15.0. The molecule has 0 radical (unpaired) electrons. The number of nitrogen functional groups attached to an aromatic ring is 1. The number of nitrogens with zero attached hydrogens (tertiary/aromatic N) is 2. The Morgan fingerprint density at radius 3 is 2.81 bits per heavy atom. The summed E-state index contributed by atoms with van der Waals surface area (Å²) in [6.45, 7) is 3.85. The van der Waals surface area contributed by atoms with Gasteiger partial charge >= 0.3 is 5.97 Å². The first-order chi connectivity index (χ1) is 9.93. The highest BCUT2D eigenvalue weighted by molar-refractivity contribution is 7.16. The molecule has 0 bridgehead atoms. The lowest BCUT2D eigenvalue weighted by atomic mass is 10.3. The van der Waals surface area contributed by atoms with Gasteiger partial charge in [-0.25, -0.2) is 4.79 Å². The molecule has 2 aromatic rings. The molecule has 21 heavy (non-hydrogen) atoms. The second-order valence-corrected chi connectivity index (χ2v) is 5.60. The fourth-order valence-electron chi connectivity index (χ4n) is 1.86. The van der Waals surface area contributed by atoms with Crippen molar-refractivity contribution in [2.24, 2.45) is 7.05 Å². The van der Waals surface area contributed by atoms with Crippen LogP contribution in [0.3, 0.4) is 0 Å². The number of nitrogens with one attached hydrogen (secondary N) is 1. The second-order valence-electron chi connectivity index (χ2n) is 4.35. The third-order valence-electron chi connectivity index (χ3n) is 2.76. The number of amides is 1. The van der Waals surface area contributed by atoms with Crippen LogP contribution in [0.25, 0.3) is 0 Å². The number of hydrogen-bond donors (Lipinski definition) is 2. The lowest BCUT2D eigenvalue weighted by molar-refractivity contribution is 0.0528. The van der Waals surface area contributed by atoms with E-state index in [-0.39, 0.29) is 18.0 Å². The lowest BCUT2D eigenvalue weighted by Gasteiger charge is -2.07. The van der Waals surface area contributed by atoms with Crippen LogP contribution < -0.4 is 11.1 Å². The zero-order chi connectivity index (χ0) is 15.6. The van der Waals surface area contributed by atoms with Crippen LogP contribution in [0.15, 0.2) is 12.3 Å². The Hall–Kier alpha value is -2.35. The van der Waals surface area contributed by atoms with Crippen molar-refractivity contribution in [3.05, 3.63) is 28.4 Å². The topological polar surface area (TPSA) is 99.2 Å². The SMILES string of the molecule is CCOC(=O)c1cc(C)sc1NC(=O)c1c(N)cnn1C. The van der Waals surface area contributed by atoms with Gasteiger partial charge < -0.3 is 15.8 Å². The van der Waals surface area contributed by atoms with Crippen LogP contribution in [0.4, 0.5) is 10.7 Å². The van der Waals surface area contributed by atoms with E-state index in [0.717, 1.165) is 4.88 Å². The Labute approximate surface area is 125 Å². The Balaban J connectivity index is 2.28. The van der Waals surface area contributed by atoms with Gasteiger partial charge in [0.1, 0.15) is 10.7 Å². The largest absolute Gasteiger partial charge is 0.462 e. The van der Waals surface area contributed by atoms with Crippen molar-refractivity contribution in [1.29, 1.82) is 0 Å². The van der Waals surface area contributed by atoms with E-state index in [1.807, 2.05) is 6.92 Å². The fraction of sp³-hybridized carbons (Fsp3) is 0.308. The number of rotatable bonds is 4. The number of esters is 1. The number of ether oxygens (including phenoxy) is 1. The van der Waals surface area contributed by atoms with Gasteiger partial charge in [0, 0.05) is 11.9 Å². The van der Waals surface area contributed by atoms with Crippen molar-refractivity contribution < 1.29 is 14.3 Å². The fourth-order valence-corrected chi connectivity index (χ4v) is 2.76. The number of carbonyl (C=O) groups excluding carboxylic acids is 2. The van der Waals surface area contributed by atoms with Gasteiger partial charge in [-0.15, -0.1) is 11.3 Å². The minimum absolute atomic E-state index is 0.246. The molecule has 1 amide bonds. The average Bonchev–Trinajstić information content (AvgIpc) is 2.93. The van der Waals surface area contributed by atoms with Gasteiger partial charge in [0.15, 0.2) is 0 Å². The quantitative estimate of drug-likeness (QED) is 0.839. The normalized spacial score (nSPS) is 10.4. The molecule has 0 atom stereocenters. The summed E-state index contributed by atoms with van der Waals surface area (Å²) >= 11 is 1.30. The molecule has 0 aliphatic rings. The molecule has 0 saturated carbocycles. The number of nitrogens with two attached hydrogens (primary N) is 1. The van der Waals surface area contributed by atoms with E-state index in [4.69, 9.17) is 10.5 Å². The van der Waals surface area contributed by atoms with Gasteiger partial charge in [-0.2, -0.15) is 5.10 Å². The molecule has 7 nitrogen and oxygen atoms in total. The van der Waals surface area contributed by atoms with Crippen molar-refractivity contribution >= 4 is 33.9 Å². The standard InChI is InChI=1S/C13H16N4O3S/c1-4-20-13(19)8-5-7(2)21-12(8)16-11(18)10-9(14)6-15-17(10)3/h5-6H,4,14H2,1-3H3,(H,16,18). The molecule has 3 N–H and O–H groups in total. The number of aromatic nitrogens is 2. The Bertz CT molecular complexity index is 670. The Kier molecular flexibility index (Phi) is 4.27. The highest BCUT2D eigenvalue weighted by Crippen LogP contribution is 2.29. The summed E-state index contributed by atoms with van der Waals surface area (Å²) in [6.07, 6.45) is 1.40. The van der Waals surface area contributed by atoms with E-state index in [2.05, 4.69) is 10.4 Å². The third kappa shape index (κ3) is 3.05. The molecule has 2 aromatic heterocycles. The molecule has 0 fully saturated rings. The summed E-state index contributed by atoms with van der Waals surface area (Å²) in [5, 5.41) is 7.05. The number of thiophene rings is 1. The number of hydrogen-bond acceptors (Lipinski definition) is 6. The van der Waals surface area contributed by atoms with E-state index < -0.39 is 11.9 Å². The first-order valence-corrected chi connectivity index (χ1v) is 7.12. The summed E-state index contributed by atoms with van der Waals surface area (Å²) in [6, 6.07) is 1.69. The molecule has 0 aliphatic carbocycles. The molecule has 0 unspecified atom stereocenters. The molecule has 8 heteroatoms. The summed E-state index contributed by atoms with van der Waals surface area (Å²) in [5.74, 6) is -0.880. The van der Waals surface area contributed by atoms with Crippen molar-refractivity contribution in [3.63, 3.8) is 0 Å². The minimum Gasteiger partial charge on any atom is -0.462 e. The molecule has 0 saturated heterocycles. The van der Waals surface area contributed by atoms with Crippen LogP contribution >= 0.6 is 11.3 Å². The van der Waals surface area contributed by atoms with Crippen molar-refractivity contribution in [2.45, 2.75) is 13.8 Å². The van der Waals surface area contributed by atoms with Gasteiger partial charge in [0.2, 0.25) is 0 Å². The predicted octanol–water partition coefficient (Wildman–Crippen LogP) is 1.80. The molecule has 0 aliphatic heterocycles. The van der Waals surface area contributed by atoms with E-state index in [9.17, 15) is 9.59 Å². The van der Waals surface area contributed by atoms with Crippen LogP contribution in [-0.4, -0.2) is 28.3 Å². The van der Waals surface area contributed by atoms with Crippen molar-refractivity contribution in [2.75, 3.05) is 17.7 Å². The molecule has 0 spiro atoms. The summed E-state index contributed by atoms with van der Waals surface area (Å²) in [7, 11) is 1.62. The summed E-state index contributed by atoms with van der Waals surface area (Å²) in [5.41, 5.74) is 6.58. The third-order valence-corrected chi connectivity index (χ3v) is 3.73. The van der Waals surface area contributed by atoms with E-state index >= 15 is 0 Å². The first-order valence-electron chi connectivity index (χ1n) is 6.30. The van der Waals surface area contributed by atoms with Crippen molar-refractivity contribution in [3.8, 4) is 0 Å². The minimum atomic E-state index is -0.463. The number of carbonyl (C=O) groups is 2. The van der Waals surface area contributed by atoms with Gasteiger partial charge in [0.05, 0.1) is 24.1 Å². The number of anilines is 2. The van der Waals surface area contributed by atoms with E-state index in [0.29, 0.717) is 10.6 Å². The van der Waals surface area contributed by atoms with Crippen LogP contribution in [-0.2, 0) is 11.8 Å². The molecule has 112 valence electrons. The van der Waals surface area contributed by atoms with Crippen LogP contribution in [0, 0.1) is 6.92 Å². The second kappa shape index (κ2) is 5.96. The Morgan fingerprint density at radius 2 is 2.24 bits per heavy atom. The summed E-state index contributed by atoms with van der Waals surface area (Å²) in [4.78, 5) is 25.0. The highest BCUT2D eigenvalue weighted by atomic mass is 32.1. The van der Waals surface area contributed by atoms with Gasteiger partial charge in [-0.05, 0) is 19.9 Å². The Morgan fingerprint density at radius 1 is 1.52 bits per heavy atom. The predicted molar refractivity (Wildman–Crippen MR) is 80.6 cm³/mol. The zero-order valence-electron chi connectivity index (χ0n) is 12.0. The molecule has 0 aromatic carbocycles. The number of aryl methyl sites for hydroxylation is 2. The van der Waals surface area contributed by atoms with E-state index in [1.54, 1.807) is 20.0 Å². The van der Waals surface area contributed by atoms with Gasteiger partial charge in [0.25, 0.3) is 5.91 Å². The van der Waals surface area contributed by atoms with E-state index in [1.165, 1.54) is 22.2 Å². The van der Waals surface area contributed by atoms with Crippen molar-refractivity contribution in [1.82, 2.24) is 9.78 Å². The summed E-state index contributed by atoms with van der Waals surface area (Å²) < 4.78 is 6.36. The van der Waals surface area contributed by atoms with Crippen LogP contribution in [0.5, 0.6) is 0 Å². The maximum atomic E-state index is 12.3. The maximum absolute atomic E-state index is 12.3. The molecule has 2 heterocycles. The maximum Gasteiger partial charge on any atom is 0.341 e. The van der Waals surface area contributed by atoms with Crippen LogP contribution in [0.1, 0.15) is 32.6 Å². The average molecular weight is 308 g/mol. The van der Waals surface area contributed by atoms with Gasteiger partial charge in [-0.1, -0.05) is 0 Å². The monoisotopic (exact) mass is 308 g/mol.